The Morgan fingerprint density at radius 2 is 2.20 bits per heavy atom. The van der Waals surface area contributed by atoms with E-state index >= 15 is 0 Å². The second kappa shape index (κ2) is 5.70. The summed E-state index contributed by atoms with van der Waals surface area (Å²) in [6.07, 6.45) is 4.08. The molecule has 1 aliphatic rings. The molecule has 1 aliphatic heterocycles. The first-order valence-corrected chi connectivity index (χ1v) is 8.47. The molecule has 0 unspecified atom stereocenters. The van der Waals surface area contributed by atoms with Crippen LogP contribution >= 0.6 is 0 Å². The van der Waals surface area contributed by atoms with Gasteiger partial charge in [0.2, 0.25) is 0 Å². The molecule has 4 rings (SSSR count). The van der Waals surface area contributed by atoms with Crippen molar-refractivity contribution in [3.05, 3.63) is 47.9 Å². The monoisotopic (exact) mass is 339 g/mol. The normalized spacial score (nSPS) is 20.7. The molecule has 1 atom stereocenters. The highest BCUT2D eigenvalue weighted by molar-refractivity contribution is 5.98. The van der Waals surface area contributed by atoms with E-state index in [1.54, 1.807) is 15.8 Å². The second-order valence-electron chi connectivity index (χ2n) is 6.97. The predicted octanol–water partition coefficient (Wildman–Crippen LogP) is 2.07. The highest BCUT2D eigenvalue weighted by atomic mass is 16.3. The van der Waals surface area contributed by atoms with E-state index in [2.05, 4.69) is 15.3 Å². The molecule has 2 N–H and O–H groups in total. The van der Waals surface area contributed by atoms with Gasteiger partial charge in [0, 0.05) is 36.3 Å². The maximum atomic E-state index is 12.8. The van der Waals surface area contributed by atoms with Gasteiger partial charge in [0.05, 0.1) is 12.7 Å². The number of aromatic nitrogens is 4. The number of carbonyl (C=O) groups excluding carboxylic acids is 1. The van der Waals surface area contributed by atoms with Gasteiger partial charge in [-0.2, -0.15) is 0 Å². The number of nitrogens with zero attached hydrogens (tertiary/aromatic N) is 4. The van der Waals surface area contributed by atoms with Gasteiger partial charge in [0.15, 0.2) is 0 Å². The second-order valence-corrected chi connectivity index (χ2v) is 6.97. The van der Waals surface area contributed by atoms with Crippen LogP contribution < -0.4 is 0 Å². The number of fused-ring (bicyclic) bond motifs is 1. The van der Waals surface area contributed by atoms with Crippen LogP contribution in [0.1, 0.15) is 42.4 Å². The topological polar surface area (TPSA) is 87.0 Å². The molecule has 7 nitrogen and oxygen atoms in total. The van der Waals surface area contributed by atoms with Crippen molar-refractivity contribution < 1.29 is 9.90 Å². The predicted molar refractivity (Wildman–Crippen MR) is 93.1 cm³/mol. The maximum absolute atomic E-state index is 12.8. The number of aromatic amines is 1. The van der Waals surface area contributed by atoms with Gasteiger partial charge in [-0.05, 0) is 37.4 Å². The molecule has 1 saturated heterocycles. The number of aliphatic hydroxyl groups is 1. The number of amides is 1. The zero-order chi connectivity index (χ0) is 17.6. The zero-order valence-corrected chi connectivity index (χ0v) is 14.3. The Balaban J connectivity index is 1.55. The first kappa shape index (κ1) is 15.8. The van der Waals surface area contributed by atoms with E-state index < -0.39 is 5.60 Å². The summed E-state index contributed by atoms with van der Waals surface area (Å²) in [4.78, 5) is 17.6. The lowest BCUT2D eigenvalue weighted by Gasteiger charge is -2.21. The number of H-pyrrole nitrogens is 1. The van der Waals surface area contributed by atoms with Crippen molar-refractivity contribution in [3.63, 3.8) is 0 Å². The van der Waals surface area contributed by atoms with Crippen LogP contribution in [0.5, 0.6) is 0 Å². The van der Waals surface area contributed by atoms with E-state index in [-0.39, 0.29) is 18.5 Å². The van der Waals surface area contributed by atoms with E-state index in [1.165, 1.54) is 0 Å². The quantitative estimate of drug-likeness (QED) is 0.765. The van der Waals surface area contributed by atoms with E-state index in [1.807, 2.05) is 44.3 Å². The summed E-state index contributed by atoms with van der Waals surface area (Å²) >= 11 is 0. The molecule has 0 bridgehead atoms. The molecular formula is C18H21N5O2. The Morgan fingerprint density at radius 1 is 1.36 bits per heavy atom. The summed E-state index contributed by atoms with van der Waals surface area (Å²) in [6.45, 7) is 4.73. The molecule has 1 amide bonds. The van der Waals surface area contributed by atoms with Crippen LogP contribution in [-0.2, 0) is 5.60 Å². The molecular weight excluding hydrogens is 318 g/mol. The largest absolute Gasteiger partial charge is 0.381 e. The van der Waals surface area contributed by atoms with E-state index in [0.717, 1.165) is 10.9 Å². The van der Waals surface area contributed by atoms with E-state index in [0.29, 0.717) is 24.2 Å². The van der Waals surface area contributed by atoms with Crippen molar-refractivity contribution in [3.8, 4) is 0 Å². The van der Waals surface area contributed by atoms with Gasteiger partial charge in [-0.3, -0.25) is 4.79 Å². The van der Waals surface area contributed by atoms with Crippen LogP contribution in [0.25, 0.3) is 10.9 Å². The fourth-order valence-electron chi connectivity index (χ4n) is 3.28. The summed E-state index contributed by atoms with van der Waals surface area (Å²) in [5.41, 5.74) is 0.931. The Labute approximate surface area is 145 Å². The number of benzene rings is 1. The molecule has 3 heterocycles. The molecule has 130 valence electrons. The van der Waals surface area contributed by atoms with Gasteiger partial charge in [-0.25, -0.2) is 4.68 Å². The molecule has 1 aromatic carbocycles. The van der Waals surface area contributed by atoms with Gasteiger partial charge in [-0.15, -0.1) is 5.10 Å². The van der Waals surface area contributed by atoms with Crippen LogP contribution in [0, 0.1) is 0 Å². The average Bonchev–Trinajstić information content (AvgIpc) is 3.32. The molecule has 25 heavy (non-hydrogen) atoms. The van der Waals surface area contributed by atoms with Crippen LogP contribution in [0.2, 0.25) is 0 Å². The van der Waals surface area contributed by atoms with Gasteiger partial charge < -0.3 is 15.0 Å². The minimum Gasteiger partial charge on any atom is -0.381 e. The smallest absolute Gasteiger partial charge is 0.254 e. The Kier molecular flexibility index (Phi) is 3.61. The van der Waals surface area contributed by atoms with Crippen molar-refractivity contribution in [1.29, 1.82) is 0 Å². The third kappa shape index (κ3) is 2.70. The third-order valence-electron chi connectivity index (χ3n) is 4.85. The Morgan fingerprint density at radius 3 is 2.96 bits per heavy atom. The van der Waals surface area contributed by atoms with Gasteiger partial charge in [0.1, 0.15) is 11.3 Å². The number of nitrogens with one attached hydrogen (secondary N) is 1. The summed E-state index contributed by atoms with van der Waals surface area (Å²) < 4.78 is 1.72. The molecule has 3 aromatic rings. The van der Waals surface area contributed by atoms with Crippen molar-refractivity contribution in [2.45, 2.75) is 31.9 Å². The molecule has 7 heteroatoms. The minimum absolute atomic E-state index is 0.0799. The SMILES string of the molecule is CC(C)n1cc([C@]2(O)CCN(C(=O)c3ccc4cc[nH]c4c3)C2)nn1. The van der Waals surface area contributed by atoms with E-state index in [4.69, 9.17) is 0 Å². The van der Waals surface area contributed by atoms with Crippen LogP contribution in [0.15, 0.2) is 36.7 Å². The van der Waals surface area contributed by atoms with Crippen molar-refractivity contribution in [1.82, 2.24) is 24.9 Å². The average molecular weight is 339 g/mol. The van der Waals surface area contributed by atoms with Crippen LogP contribution in [0.4, 0.5) is 0 Å². The lowest BCUT2D eigenvalue weighted by Crippen LogP contribution is -2.34. The lowest BCUT2D eigenvalue weighted by atomic mass is 10.00. The molecule has 1 fully saturated rings. The van der Waals surface area contributed by atoms with Crippen molar-refractivity contribution in [2.75, 3.05) is 13.1 Å². The number of rotatable bonds is 3. The minimum atomic E-state index is -1.14. The lowest BCUT2D eigenvalue weighted by molar-refractivity contribution is 0.0381. The standard InChI is InChI=1S/C18H21N5O2/c1-12(2)23-10-16(20-21-23)18(25)6-8-22(11-18)17(24)14-4-3-13-5-7-19-15(13)9-14/h3-5,7,9-10,12,19,25H,6,8,11H2,1-2H3/t18-/m0/s1. The van der Waals surface area contributed by atoms with Crippen LogP contribution in [-0.4, -0.2) is 49.0 Å². The molecule has 0 radical (unpaired) electrons. The number of hydrogen-bond donors (Lipinski definition) is 2. The first-order valence-electron chi connectivity index (χ1n) is 8.47. The van der Waals surface area contributed by atoms with Crippen molar-refractivity contribution >= 4 is 16.8 Å². The summed E-state index contributed by atoms with van der Waals surface area (Å²) in [6, 6.07) is 7.75. The summed E-state index contributed by atoms with van der Waals surface area (Å²) in [5, 5.41) is 20.2. The fraction of sp³-hybridized carbons (Fsp3) is 0.389. The fourth-order valence-corrected chi connectivity index (χ4v) is 3.28. The summed E-state index contributed by atoms with van der Waals surface area (Å²) in [7, 11) is 0. The molecule has 0 saturated carbocycles. The number of β-amino-alcohol motifs (C(OH)–C–C–N with tert-alkyl or cyclic N) is 1. The first-order chi connectivity index (χ1) is 12.0. The van der Waals surface area contributed by atoms with Crippen molar-refractivity contribution in [2.24, 2.45) is 0 Å². The van der Waals surface area contributed by atoms with Gasteiger partial charge in [-0.1, -0.05) is 11.3 Å². The summed E-state index contributed by atoms with van der Waals surface area (Å²) in [5.74, 6) is -0.0799. The Bertz CT molecular complexity index is 928. The van der Waals surface area contributed by atoms with Crippen LogP contribution in [0.3, 0.4) is 0 Å². The molecule has 0 spiro atoms. The Hall–Kier alpha value is -2.67. The zero-order valence-electron chi connectivity index (χ0n) is 14.3. The van der Waals surface area contributed by atoms with E-state index in [9.17, 15) is 9.90 Å². The number of carbonyl (C=O) groups is 1. The van der Waals surface area contributed by atoms with Gasteiger partial charge >= 0.3 is 0 Å². The number of likely N-dealkylation sites (tertiary alicyclic amines) is 1. The molecule has 2 aromatic heterocycles. The third-order valence-corrected chi connectivity index (χ3v) is 4.85. The highest BCUT2D eigenvalue weighted by Gasteiger charge is 2.42. The molecule has 0 aliphatic carbocycles. The number of hydrogen-bond acceptors (Lipinski definition) is 4. The van der Waals surface area contributed by atoms with Gasteiger partial charge in [0.25, 0.3) is 5.91 Å². The maximum Gasteiger partial charge on any atom is 0.254 e. The highest BCUT2D eigenvalue weighted by Crippen LogP contribution is 2.32.